The van der Waals surface area contributed by atoms with Gasteiger partial charge in [0.25, 0.3) is 6.43 Å². The average molecular weight is 129 g/mol. The van der Waals surface area contributed by atoms with E-state index >= 15 is 0 Å². The lowest BCUT2D eigenvalue weighted by molar-refractivity contribution is 0.150. The normalized spacial score (nSPS) is 10.1. The van der Waals surface area contributed by atoms with Gasteiger partial charge in [0.2, 0.25) is 0 Å². The zero-order chi connectivity index (χ0) is 6.69. The molecule has 0 aliphatic heterocycles. The molecule has 0 saturated heterocycles. The van der Waals surface area contributed by atoms with Crippen molar-refractivity contribution in [3.63, 3.8) is 0 Å². The van der Waals surface area contributed by atoms with Gasteiger partial charge in [-0.15, -0.1) is 0 Å². The summed E-state index contributed by atoms with van der Waals surface area (Å²) in [6.07, 6.45) is 1.78. The molecule has 4 heteroatoms. The Hall–Kier alpha value is -1.06. The molecule has 1 radical (unpaired) electrons. The molecule has 0 unspecified atom stereocenters. The number of rotatable bonds is 1. The molecule has 1 aromatic heterocycles. The van der Waals surface area contributed by atoms with Crippen molar-refractivity contribution < 1.29 is 8.78 Å². The minimum atomic E-state index is -2.52. The van der Waals surface area contributed by atoms with Crippen LogP contribution in [0, 0.1) is 6.20 Å². The molecule has 0 aliphatic carbocycles. The highest BCUT2D eigenvalue weighted by atomic mass is 19.3. The molecule has 0 atom stereocenters. The van der Waals surface area contributed by atoms with E-state index in [1.54, 1.807) is 0 Å². The van der Waals surface area contributed by atoms with Gasteiger partial charge in [-0.3, -0.25) is 0 Å². The van der Waals surface area contributed by atoms with Crippen LogP contribution in [-0.4, -0.2) is 9.97 Å². The largest absolute Gasteiger partial charge is 0.267 e. The molecule has 1 rings (SSSR count). The summed E-state index contributed by atoms with van der Waals surface area (Å²) in [6, 6.07) is 0. The van der Waals surface area contributed by atoms with Crippen LogP contribution in [0.3, 0.4) is 0 Å². The van der Waals surface area contributed by atoms with Crippen molar-refractivity contribution in [3.05, 3.63) is 24.3 Å². The summed E-state index contributed by atoms with van der Waals surface area (Å²) >= 11 is 0. The highest BCUT2D eigenvalue weighted by Crippen LogP contribution is 2.14. The predicted molar refractivity (Wildman–Crippen MR) is 25.8 cm³/mol. The molecule has 1 heterocycles. The van der Waals surface area contributed by atoms with Crippen molar-refractivity contribution in [2.75, 3.05) is 0 Å². The first-order valence-electron chi connectivity index (χ1n) is 2.26. The molecule has 0 saturated carbocycles. The van der Waals surface area contributed by atoms with Gasteiger partial charge in [0.05, 0.1) is 5.56 Å². The lowest BCUT2D eigenvalue weighted by Gasteiger charge is -1.92. The zero-order valence-corrected chi connectivity index (χ0v) is 4.38. The summed E-state index contributed by atoms with van der Waals surface area (Å²) in [5.74, 6) is 0. The second-order valence-corrected chi connectivity index (χ2v) is 1.39. The fourth-order valence-corrected chi connectivity index (χ4v) is 0.384. The van der Waals surface area contributed by atoms with Crippen LogP contribution >= 0.6 is 0 Å². The van der Waals surface area contributed by atoms with E-state index in [-0.39, 0.29) is 5.56 Å². The number of nitrogens with zero attached hydrogens (tertiary/aromatic N) is 2. The highest BCUT2D eigenvalue weighted by Gasteiger charge is 2.05. The minimum absolute atomic E-state index is 0.266. The third-order valence-electron chi connectivity index (χ3n) is 0.767. The van der Waals surface area contributed by atoms with E-state index in [9.17, 15) is 8.78 Å². The number of hydrogen-bond acceptors (Lipinski definition) is 2. The summed E-state index contributed by atoms with van der Waals surface area (Å²) in [4.78, 5) is 6.67. The second kappa shape index (κ2) is 2.48. The van der Waals surface area contributed by atoms with Gasteiger partial charge in [0.15, 0.2) is 0 Å². The first kappa shape index (κ1) is 6.07. The van der Waals surface area contributed by atoms with Gasteiger partial charge >= 0.3 is 0 Å². The Kier molecular flexibility index (Phi) is 1.67. The fourth-order valence-electron chi connectivity index (χ4n) is 0.384. The van der Waals surface area contributed by atoms with Crippen molar-refractivity contribution >= 4 is 0 Å². The molecule has 9 heavy (non-hydrogen) atoms. The summed E-state index contributed by atoms with van der Waals surface area (Å²) in [7, 11) is 0. The Morgan fingerprint density at radius 1 is 1.56 bits per heavy atom. The Morgan fingerprint density at radius 2 is 2.33 bits per heavy atom. The average Bonchev–Trinajstić information content (AvgIpc) is 1.90. The second-order valence-electron chi connectivity index (χ2n) is 1.39. The van der Waals surface area contributed by atoms with E-state index in [1.807, 2.05) is 0 Å². The van der Waals surface area contributed by atoms with Gasteiger partial charge in [-0.2, -0.15) is 0 Å². The van der Waals surface area contributed by atoms with E-state index in [1.165, 1.54) is 0 Å². The molecule has 1 aromatic rings. The van der Waals surface area contributed by atoms with Crippen LogP contribution in [0.25, 0.3) is 0 Å². The minimum Gasteiger partial charge on any atom is -0.244 e. The molecule has 47 valence electrons. The van der Waals surface area contributed by atoms with E-state index in [0.717, 1.165) is 12.5 Å². The summed E-state index contributed by atoms with van der Waals surface area (Å²) < 4.78 is 23.3. The molecular weight excluding hydrogens is 126 g/mol. The molecule has 2 nitrogen and oxygen atoms in total. The number of halogens is 2. The third-order valence-corrected chi connectivity index (χ3v) is 0.767. The lowest BCUT2D eigenvalue weighted by atomic mass is 10.4. The quantitative estimate of drug-likeness (QED) is 0.569. The molecule has 0 N–H and O–H groups in total. The molecule has 0 spiro atoms. The van der Waals surface area contributed by atoms with Gasteiger partial charge in [0.1, 0.15) is 12.5 Å². The van der Waals surface area contributed by atoms with Crippen molar-refractivity contribution in [1.29, 1.82) is 0 Å². The van der Waals surface area contributed by atoms with E-state index < -0.39 is 6.43 Å². The predicted octanol–water partition coefficient (Wildman–Crippen LogP) is 1.21. The number of hydrogen-bond donors (Lipinski definition) is 0. The first-order chi connectivity index (χ1) is 4.30. The Labute approximate surface area is 50.6 Å². The summed E-state index contributed by atoms with van der Waals surface area (Å²) in [6.45, 7) is 0. The number of aromatic nitrogens is 2. The molecule has 0 aromatic carbocycles. The maximum atomic E-state index is 11.7. The summed E-state index contributed by atoms with van der Waals surface area (Å²) in [5.41, 5.74) is -0.266. The molecule has 0 bridgehead atoms. The molecule has 0 fully saturated rings. The SMILES string of the molecule is FC(F)c1[c]ncnc1. The Morgan fingerprint density at radius 3 is 2.67 bits per heavy atom. The number of alkyl halides is 2. The van der Waals surface area contributed by atoms with Crippen molar-refractivity contribution in [3.8, 4) is 0 Å². The van der Waals surface area contributed by atoms with Gasteiger partial charge in [0, 0.05) is 6.20 Å². The smallest absolute Gasteiger partial charge is 0.244 e. The molecule has 0 aliphatic rings. The fraction of sp³-hybridized carbons (Fsp3) is 0.200. The Balaban J connectivity index is 2.85. The van der Waals surface area contributed by atoms with Crippen LogP contribution in [0.1, 0.15) is 12.0 Å². The van der Waals surface area contributed by atoms with Crippen molar-refractivity contribution in [1.82, 2.24) is 9.97 Å². The maximum absolute atomic E-state index is 11.7. The van der Waals surface area contributed by atoms with Crippen LogP contribution < -0.4 is 0 Å². The van der Waals surface area contributed by atoms with Crippen LogP contribution in [0.2, 0.25) is 0 Å². The van der Waals surface area contributed by atoms with Gasteiger partial charge in [-0.05, 0) is 0 Å². The lowest BCUT2D eigenvalue weighted by Crippen LogP contribution is -1.86. The highest BCUT2D eigenvalue weighted by molar-refractivity contribution is 5.01. The van der Waals surface area contributed by atoms with Crippen LogP contribution in [0.5, 0.6) is 0 Å². The maximum Gasteiger partial charge on any atom is 0.267 e. The Bertz CT molecular complexity index is 176. The van der Waals surface area contributed by atoms with Crippen molar-refractivity contribution in [2.45, 2.75) is 6.43 Å². The van der Waals surface area contributed by atoms with E-state index in [2.05, 4.69) is 16.2 Å². The topological polar surface area (TPSA) is 25.8 Å². The van der Waals surface area contributed by atoms with Gasteiger partial charge in [-0.1, -0.05) is 0 Å². The third kappa shape index (κ3) is 1.42. The van der Waals surface area contributed by atoms with Crippen LogP contribution in [0.15, 0.2) is 12.5 Å². The first-order valence-corrected chi connectivity index (χ1v) is 2.26. The molecule has 0 amide bonds. The standard InChI is InChI=1S/C5H3F2N2/c6-5(7)4-1-8-3-9-2-4/h1,3,5H. The van der Waals surface area contributed by atoms with E-state index in [0.29, 0.717) is 0 Å². The molecular formula is C5H3F2N2. The van der Waals surface area contributed by atoms with Crippen molar-refractivity contribution in [2.24, 2.45) is 0 Å². The van der Waals surface area contributed by atoms with Crippen LogP contribution in [-0.2, 0) is 0 Å². The summed E-state index contributed by atoms with van der Waals surface area (Å²) in [5, 5.41) is 0. The zero-order valence-electron chi connectivity index (χ0n) is 4.38. The van der Waals surface area contributed by atoms with E-state index in [4.69, 9.17) is 0 Å². The monoisotopic (exact) mass is 129 g/mol. The van der Waals surface area contributed by atoms with Gasteiger partial charge in [-0.25, -0.2) is 18.7 Å². The van der Waals surface area contributed by atoms with Gasteiger partial charge < -0.3 is 0 Å². The van der Waals surface area contributed by atoms with Crippen LogP contribution in [0.4, 0.5) is 8.78 Å².